The van der Waals surface area contributed by atoms with Gasteiger partial charge in [-0.25, -0.2) is 0 Å². The van der Waals surface area contributed by atoms with E-state index in [-0.39, 0.29) is 11.8 Å². The van der Waals surface area contributed by atoms with E-state index in [1.54, 1.807) is 18.7 Å². The zero-order valence-electron chi connectivity index (χ0n) is 12.5. The van der Waals surface area contributed by atoms with Gasteiger partial charge in [-0.3, -0.25) is 9.59 Å². The lowest BCUT2D eigenvalue weighted by molar-refractivity contribution is -0.133. The van der Waals surface area contributed by atoms with Crippen molar-refractivity contribution in [2.75, 3.05) is 25.0 Å². The van der Waals surface area contributed by atoms with Crippen LogP contribution >= 0.6 is 0 Å². The second-order valence-electron chi connectivity index (χ2n) is 6.17. The molecular formula is C16H21N3O2. The van der Waals surface area contributed by atoms with Crippen LogP contribution in [0.2, 0.25) is 0 Å². The second-order valence-corrected chi connectivity index (χ2v) is 6.17. The van der Waals surface area contributed by atoms with Crippen LogP contribution in [-0.4, -0.2) is 41.9 Å². The summed E-state index contributed by atoms with van der Waals surface area (Å²) in [5.41, 5.74) is 2.17. The van der Waals surface area contributed by atoms with E-state index in [1.165, 1.54) is 5.56 Å². The molecule has 0 saturated carbocycles. The molecule has 5 heteroatoms. The van der Waals surface area contributed by atoms with Gasteiger partial charge in [0.25, 0.3) is 5.91 Å². The highest BCUT2D eigenvalue weighted by Gasteiger charge is 2.40. The second kappa shape index (κ2) is 5.06. The van der Waals surface area contributed by atoms with Crippen LogP contribution in [0.4, 0.5) is 5.69 Å². The quantitative estimate of drug-likeness (QED) is 0.820. The van der Waals surface area contributed by atoms with E-state index >= 15 is 0 Å². The number of carbonyl (C=O) groups excluding carboxylic acids is 2. The molecule has 112 valence electrons. The van der Waals surface area contributed by atoms with Gasteiger partial charge in [0.2, 0.25) is 5.91 Å². The normalized spacial score (nSPS) is 20.3. The Morgan fingerprint density at radius 3 is 2.86 bits per heavy atom. The first-order valence-electron chi connectivity index (χ1n) is 7.47. The standard InChI is InChI=1S/C16H21N3O2/c1-16(2)15(21)18-8-9-19(16)14(20)12-5-6-13-11(10-12)4-3-7-17-13/h5-6,10,17H,3-4,7-9H2,1-2H3,(H,18,21). The summed E-state index contributed by atoms with van der Waals surface area (Å²) in [6, 6.07) is 5.78. The molecule has 0 radical (unpaired) electrons. The van der Waals surface area contributed by atoms with Gasteiger partial charge in [-0.05, 0) is 50.5 Å². The van der Waals surface area contributed by atoms with Crippen molar-refractivity contribution in [3.05, 3.63) is 29.3 Å². The number of fused-ring (bicyclic) bond motifs is 1. The lowest BCUT2D eigenvalue weighted by Crippen LogP contribution is -2.63. The number of anilines is 1. The maximum Gasteiger partial charge on any atom is 0.254 e. The van der Waals surface area contributed by atoms with Crippen LogP contribution in [0, 0.1) is 0 Å². The number of nitrogens with zero attached hydrogens (tertiary/aromatic N) is 1. The number of piperazine rings is 1. The van der Waals surface area contributed by atoms with Crippen molar-refractivity contribution in [3.8, 4) is 0 Å². The predicted molar refractivity (Wildman–Crippen MR) is 81.4 cm³/mol. The first-order chi connectivity index (χ1) is 10.00. The summed E-state index contributed by atoms with van der Waals surface area (Å²) in [7, 11) is 0. The van der Waals surface area contributed by atoms with E-state index in [9.17, 15) is 9.59 Å². The molecule has 1 aromatic rings. The molecule has 0 unspecified atom stereocenters. The Bertz CT molecular complexity index is 595. The van der Waals surface area contributed by atoms with Gasteiger partial charge in [0.05, 0.1) is 0 Å². The Morgan fingerprint density at radius 1 is 1.24 bits per heavy atom. The Hall–Kier alpha value is -2.04. The number of hydrogen-bond donors (Lipinski definition) is 2. The first kappa shape index (κ1) is 13.9. The molecule has 0 atom stereocenters. The third kappa shape index (κ3) is 2.37. The van der Waals surface area contributed by atoms with Crippen LogP contribution in [0.3, 0.4) is 0 Å². The highest BCUT2D eigenvalue weighted by Crippen LogP contribution is 2.26. The van der Waals surface area contributed by atoms with Crippen LogP contribution in [0.5, 0.6) is 0 Å². The number of hydrogen-bond acceptors (Lipinski definition) is 3. The van der Waals surface area contributed by atoms with E-state index in [1.807, 2.05) is 18.2 Å². The van der Waals surface area contributed by atoms with Crippen molar-refractivity contribution in [1.29, 1.82) is 0 Å². The summed E-state index contributed by atoms with van der Waals surface area (Å²) in [6.07, 6.45) is 2.08. The minimum absolute atomic E-state index is 0.0665. The molecule has 21 heavy (non-hydrogen) atoms. The molecule has 0 aliphatic carbocycles. The number of benzene rings is 1. The van der Waals surface area contributed by atoms with E-state index in [0.29, 0.717) is 18.7 Å². The monoisotopic (exact) mass is 287 g/mol. The van der Waals surface area contributed by atoms with Crippen molar-refractivity contribution < 1.29 is 9.59 Å². The Kier molecular flexibility index (Phi) is 3.35. The molecule has 0 aromatic heterocycles. The summed E-state index contributed by atoms with van der Waals surface area (Å²) in [5, 5.41) is 6.16. The van der Waals surface area contributed by atoms with Crippen molar-refractivity contribution >= 4 is 17.5 Å². The minimum Gasteiger partial charge on any atom is -0.385 e. The first-order valence-corrected chi connectivity index (χ1v) is 7.47. The third-order valence-electron chi connectivity index (χ3n) is 4.39. The van der Waals surface area contributed by atoms with E-state index in [2.05, 4.69) is 10.6 Å². The van der Waals surface area contributed by atoms with Gasteiger partial charge in [0, 0.05) is 30.9 Å². The molecule has 2 heterocycles. The SMILES string of the molecule is CC1(C)C(=O)NCCN1C(=O)c1ccc2c(c1)CCCN2. The average molecular weight is 287 g/mol. The molecule has 2 N–H and O–H groups in total. The molecule has 2 amide bonds. The van der Waals surface area contributed by atoms with Crippen LogP contribution in [0.15, 0.2) is 18.2 Å². The lowest BCUT2D eigenvalue weighted by Gasteiger charge is -2.41. The summed E-state index contributed by atoms with van der Waals surface area (Å²) >= 11 is 0. The van der Waals surface area contributed by atoms with Gasteiger partial charge in [0.15, 0.2) is 0 Å². The molecule has 2 aliphatic rings. The Balaban J connectivity index is 1.89. The van der Waals surface area contributed by atoms with Crippen molar-refractivity contribution in [2.24, 2.45) is 0 Å². The molecule has 2 aliphatic heterocycles. The van der Waals surface area contributed by atoms with Crippen LogP contribution < -0.4 is 10.6 Å². The fraction of sp³-hybridized carbons (Fsp3) is 0.500. The molecule has 1 saturated heterocycles. The largest absolute Gasteiger partial charge is 0.385 e. The van der Waals surface area contributed by atoms with Gasteiger partial charge in [0.1, 0.15) is 5.54 Å². The van der Waals surface area contributed by atoms with E-state index in [4.69, 9.17) is 0 Å². The van der Waals surface area contributed by atoms with Crippen molar-refractivity contribution in [2.45, 2.75) is 32.2 Å². The number of carbonyl (C=O) groups is 2. The molecule has 0 bridgehead atoms. The molecule has 0 spiro atoms. The molecule has 1 aromatic carbocycles. The van der Waals surface area contributed by atoms with Crippen LogP contribution in [-0.2, 0) is 11.2 Å². The Labute approximate surface area is 124 Å². The maximum absolute atomic E-state index is 12.8. The predicted octanol–water partition coefficient (Wildman–Crippen LogP) is 1.40. The van der Waals surface area contributed by atoms with Gasteiger partial charge in [-0.15, -0.1) is 0 Å². The zero-order valence-corrected chi connectivity index (χ0v) is 12.5. The summed E-state index contributed by atoms with van der Waals surface area (Å²) < 4.78 is 0. The molecule has 3 rings (SSSR count). The number of nitrogens with one attached hydrogen (secondary N) is 2. The third-order valence-corrected chi connectivity index (χ3v) is 4.39. The van der Waals surface area contributed by atoms with Gasteiger partial charge in [-0.2, -0.15) is 0 Å². The topological polar surface area (TPSA) is 61.4 Å². The lowest BCUT2D eigenvalue weighted by atomic mass is 9.96. The Morgan fingerprint density at radius 2 is 2.05 bits per heavy atom. The van der Waals surface area contributed by atoms with Gasteiger partial charge in [-0.1, -0.05) is 0 Å². The van der Waals surface area contributed by atoms with Crippen LogP contribution in [0.1, 0.15) is 36.2 Å². The summed E-state index contributed by atoms with van der Waals surface area (Å²) in [5.74, 6) is -0.162. The average Bonchev–Trinajstić information content (AvgIpc) is 2.49. The molecule has 1 fully saturated rings. The highest BCUT2D eigenvalue weighted by molar-refractivity contribution is 6.00. The maximum atomic E-state index is 12.8. The number of amides is 2. The fourth-order valence-electron chi connectivity index (χ4n) is 3.02. The van der Waals surface area contributed by atoms with E-state index in [0.717, 1.165) is 25.1 Å². The van der Waals surface area contributed by atoms with Crippen LogP contribution in [0.25, 0.3) is 0 Å². The number of aryl methyl sites for hydroxylation is 1. The summed E-state index contributed by atoms with van der Waals surface area (Å²) in [6.45, 7) is 5.63. The molecule has 5 nitrogen and oxygen atoms in total. The highest BCUT2D eigenvalue weighted by atomic mass is 16.2. The molecular weight excluding hydrogens is 266 g/mol. The van der Waals surface area contributed by atoms with Gasteiger partial charge < -0.3 is 15.5 Å². The minimum atomic E-state index is -0.802. The van der Waals surface area contributed by atoms with Crippen molar-refractivity contribution in [1.82, 2.24) is 10.2 Å². The van der Waals surface area contributed by atoms with E-state index < -0.39 is 5.54 Å². The number of rotatable bonds is 1. The van der Waals surface area contributed by atoms with Gasteiger partial charge >= 0.3 is 0 Å². The zero-order chi connectivity index (χ0) is 15.0. The fourth-order valence-corrected chi connectivity index (χ4v) is 3.02. The smallest absolute Gasteiger partial charge is 0.254 e. The summed E-state index contributed by atoms with van der Waals surface area (Å²) in [4.78, 5) is 26.4. The van der Waals surface area contributed by atoms with Crippen molar-refractivity contribution in [3.63, 3.8) is 0 Å².